The average molecular weight is 644 g/mol. The van der Waals surface area contributed by atoms with Gasteiger partial charge < -0.3 is 20.7 Å². The van der Waals surface area contributed by atoms with Gasteiger partial charge in [-0.3, -0.25) is 19.7 Å². The second-order valence-electron chi connectivity index (χ2n) is 12.4. The molecule has 9 nitrogen and oxygen atoms in total. The number of hydrogen-bond acceptors (Lipinski definition) is 7. The number of amides is 2. The minimum atomic E-state index is -0.824. The number of ether oxygens (including phenoxy) is 1. The summed E-state index contributed by atoms with van der Waals surface area (Å²) in [5.74, 6) is -0.850. The van der Waals surface area contributed by atoms with Crippen molar-refractivity contribution in [1.82, 2.24) is 20.5 Å². The highest BCUT2D eigenvalue weighted by atomic mass is 35.5. The van der Waals surface area contributed by atoms with Crippen LogP contribution in [0.3, 0.4) is 0 Å². The van der Waals surface area contributed by atoms with E-state index >= 15 is 0 Å². The van der Waals surface area contributed by atoms with Crippen molar-refractivity contribution in [1.29, 1.82) is 0 Å². The highest BCUT2D eigenvalue weighted by Gasteiger charge is 2.41. The SMILES string of the molecule is CC(C)(C)OC(=O)CN[C@@H](C(=O)N1CCC[C@H]1C(=O)NCc1ccc2c(N)nccc2c1)C(c1ccccc1)c1ccccc1.Cl. The van der Waals surface area contributed by atoms with Gasteiger partial charge in [0, 0.05) is 30.6 Å². The smallest absolute Gasteiger partial charge is 0.320 e. The van der Waals surface area contributed by atoms with Crippen LogP contribution in [0.1, 0.15) is 56.2 Å². The van der Waals surface area contributed by atoms with Gasteiger partial charge in [-0.05, 0) is 67.8 Å². The lowest BCUT2D eigenvalue weighted by Crippen LogP contribution is -2.55. The van der Waals surface area contributed by atoms with Crippen molar-refractivity contribution in [2.75, 3.05) is 18.8 Å². The van der Waals surface area contributed by atoms with Crippen LogP contribution in [-0.2, 0) is 25.7 Å². The number of nitrogens with zero attached hydrogens (tertiary/aromatic N) is 2. The predicted molar refractivity (Wildman–Crippen MR) is 182 cm³/mol. The summed E-state index contributed by atoms with van der Waals surface area (Å²) in [7, 11) is 0. The number of benzene rings is 3. The van der Waals surface area contributed by atoms with E-state index in [1.54, 1.807) is 11.1 Å². The van der Waals surface area contributed by atoms with Crippen molar-refractivity contribution in [3.63, 3.8) is 0 Å². The predicted octanol–water partition coefficient (Wildman–Crippen LogP) is 4.98. The summed E-state index contributed by atoms with van der Waals surface area (Å²) in [6, 6.07) is 25.7. The van der Waals surface area contributed by atoms with Crippen LogP contribution in [0.5, 0.6) is 0 Å². The Kier molecular flexibility index (Phi) is 11.4. The monoisotopic (exact) mass is 643 g/mol. The summed E-state index contributed by atoms with van der Waals surface area (Å²) >= 11 is 0. The van der Waals surface area contributed by atoms with Crippen molar-refractivity contribution >= 4 is 46.8 Å². The fraction of sp³-hybridized carbons (Fsp3) is 0.333. The lowest BCUT2D eigenvalue weighted by molar-refractivity contribution is -0.154. The molecular formula is C36H42ClN5O4. The number of nitrogens with two attached hydrogens (primary N) is 1. The van der Waals surface area contributed by atoms with E-state index in [2.05, 4.69) is 15.6 Å². The van der Waals surface area contributed by atoms with Crippen molar-refractivity contribution in [3.8, 4) is 0 Å². The molecule has 5 rings (SSSR count). The summed E-state index contributed by atoms with van der Waals surface area (Å²) in [5.41, 5.74) is 8.09. The van der Waals surface area contributed by atoms with Crippen LogP contribution in [-0.4, -0.2) is 58.4 Å². The maximum Gasteiger partial charge on any atom is 0.320 e. The molecule has 1 saturated heterocycles. The molecule has 3 aromatic carbocycles. The standard InChI is InChI=1S/C36H41N5O4.ClH/c1-36(2,3)45-30(42)23-39-32(31(25-11-6-4-7-12-25)26-13-8-5-9-14-26)35(44)41-20-10-15-29(41)34(43)40-22-24-16-17-28-27(21-24)18-19-38-33(28)37;/h4-9,11-14,16-19,21,29,31-32,39H,10,15,20,22-23H2,1-3H3,(H2,37,38)(H,40,43);1H/t29-,32+;/m0./s1. The summed E-state index contributed by atoms with van der Waals surface area (Å²) in [5, 5.41) is 8.08. The van der Waals surface area contributed by atoms with Crippen molar-refractivity contribution in [2.45, 2.75) is 63.8 Å². The van der Waals surface area contributed by atoms with E-state index in [0.717, 1.165) is 27.5 Å². The number of pyridine rings is 1. The second kappa shape index (κ2) is 15.2. The van der Waals surface area contributed by atoms with Crippen LogP contribution in [0, 0.1) is 0 Å². The highest BCUT2D eigenvalue weighted by Crippen LogP contribution is 2.31. The number of esters is 1. The Morgan fingerprint density at radius 3 is 2.26 bits per heavy atom. The van der Waals surface area contributed by atoms with Gasteiger partial charge in [-0.2, -0.15) is 0 Å². The third-order valence-electron chi connectivity index (χ3n) is 7.97. The molecule has 0 radical (unpaired) electrons. The van der Waals surface area contributed by atoms with Crippen LogP contribution < -0.4 is 16.4 Å². The van der Waals surface area contributed by atoms with Gasteiger partial charge in [0.2, 0.25) is 11.8 Å². The molecule has 2 amide bonds. The van der Waals surface area contributed by atoms with E-state index in [1.807, 2.05) is 106 Å². The maximum atomic E-state index is 14.5. The first-order chi connectivity index (χ1) is 21.6. The molecule has 242 valence electrons. The zero-order chi connectivity index (χ0) is 32.0. The van der Waals surface area contributed by atoms with Crippen LogP contribution in [0.15, 0.2) is 91.1 Å². The first kappa shape index (κ1) is 34.4. The molecular weight excluding hydrogens is 602 g/mol. The molecule has 1 aromatic heterocycles. The molecule has 46 heavy (non-hydrogen) atoms. The number of nitrogens with one attached hydrogen (secondary N) is 2. The van der Waals surface area contributed by atoms with E-state index < -0.39 is 29.6 Å². The molecule has 2 heterocycles. The van der Waals surface area contributed by atoms with Crippen LogP contribution in [0.25, 0.3) is 10.8 Å². The Hall–Kier alpha value is -4.47. The number of carbonyl (C=O) groups excluding carboxylic acids is 3. The quantitative estimate of drug-likeness (QED) is 0.208. The van der Waals surface area contributed by atoms with E-state index in [9.17, 15) is 14.4 Å². The van der Waals surface area contributed by atoms with Crippen LogP contribution in [0.2, 0.25) is 0 Å². The minimum Gasteiger partial charge on any atom is -0.459 e. The zero-order valence-corrected chi connectivity index (χ0v) is 27.3. The molecule has 1 aliphatic rings. The third-order valence-corrected chi connectivity index (χ3v) is 7.97. The molecule has 0 unspecified atom stereocenters. The summed E-state index contributed by atoms with van der Waals surface area (Å²) in [4.78, 5) is 46.7. The average Bonchev–Trinajstić information content (AvgIpc) is 3.52. The number of anilines is 1. The Balaban J connectivity index is 0.00000480. The molecule has 1 aliphatic heterocycles. The topological polar surface area (TPSA) is 127 Å². The number of likely N-dealkylation sites (tertiary alicyclic amines) is 1. The molecule has 0 spiro atoms. The summed E-state index contributed by atoms with van der Waals surface area (Å²) < 4.78 is 5.55. The second-order valence-corrected chi connectivity index (χ2v) is 12.4. The number of nitrogen functional groups attached to an aromatic ring is 1. The molecule has 0 aliphatic carbocycles. The third kappa shape index (κ3) is 8.41. The van der Waals surface area contributed by atoms with Crippen molar-refractivity contribution in [3.05, 3.63) is 108 Å². The summed E-state index contributed by atoms with van der Waals surface area (Å²) in [6.07, 6.45) is 2.91. The number of fused-ring (bicyclic) bond motifs is 1. The summed E-state index contributed by atoms with van der Waals surface area (Å²) in [6.45, 7) is 6.02. The Labute approximate surface area is 276 Å². The van der Waals surface area contributed by atoms with Crippen molar-refractivity contribution < 1.29 is 19.1 Å². The first-order valence-electron chi connectivity index (χ1n) is 15.4. The molecule has 0 saturated carbocycles. The Morgan fingerprint density at radius 2 is 1.63 bits per heavy atom. The Morgan fingerprint density at radius 1 is 0.978 bits per heavy atom. The van der Waals surface area contributed by atoms with Gasteiger partial charge in [0.15, 0.2) is 0 Å². The maximum absolute atomic E-state index is 14.5. The molecule has 0 bridgehead atoms. The number of hydrogen-bond donors (Lipinski definition) is 3. The first-order valence-corrected chi connectivity index (χ1v) is 15.4. The lowest BCUT2D eigenvalue weighted by Gasteiger charge is -2.34. The van der Waals surface area contributed by atoms with E-state index in [4.69, 9.17) is 10.5 Å². The Bertz CT molecular complexity index is 1610. The number of aromatic nitrogens is 1. The van der Waals surface area contributed by atoms with Gasteiger partial charge in [0.1, 0.15) is 17.5 Å². The van der Waals surface area contributed by atoms with E-state index in [-0.39, 0.29) is 30.8 Å². The van der Waals surface area contributed by atoms with Crippen LogP contribution in [0.4, 0.5) is 5.82 Å². The molecule has 4 aromatic rings. The van der Waals surface area contributed by atoms with Gasteiger partial charge in [-0.25, -0.2) is 4.98 Å². The van der Waals surface area contributed by atoms with Gasteiger partial charge in [-0.1, -0.05) is 72.8 Å². The highest BCUT2D eigenvalue weighted by molar-refractivity contribution is 5.92. The van der Waals surface area contributed by atoms with Crippen molar-refractivity contribution in [2.24, 2.45) is 0 Å². The van der Waals surface area contributed by atoms with E-state index in [0.29, 0.717) is 31.7 Å². The normalized spacial score (nSPS) is 15.3. The zero-order valence-electron chi connectivity index (χ0n) is 26.4. The molecule has 10 heteroatoms. The lowest BCUT2D eigenvalue weighted by atomic mass is 9.84. The molecule has 2 atom stereocenters. The fourth-order valence-electron chi connectivity index (χ4n) is 5.97. The van der Waals surface area contributed by atoms with Crippen LogP contribution >= 0.6 is 12.4 Å². The molecule has 4 N–H and O–H groups in total. The number of rotatable bonds is 10. The van der Waals surface area contributed by atoms with Gasteiger partial charge >= 0.3 is 5.97 Å². The number of carbonyl (C=O) groups is 3. The van der Waals surface area contributed by atoms with Gasteiger partial charge in [-0.15, -0.1) is 12.4 Å². The van der Waals surface area contributed by atoms with E-state index in [1.165, 1.54) is 0 Å². The fourth-order valence-corrected chi connectivity index (χ4v) is 5.97. The van der Waals surface area contributed by atoms with Gasteiger partial charge in [0.25, 0.3) is 0 Å². The minimum absolute atomic E-state index is 0. The molecule has 1 fully saturated rings. The van der Waals surface area contributed by atoms with Gasteiger partial charge in [0.05, 0.1) is 12.6 Å². The number of halogens is 1. The largest absolute Gasteiger partial charge is 0.459 e.